The lowest BCUT2D eigenvalue weighted by atomic mass is 9.99. The summed E-state index contributed by atoms with van der Waals surface area (Å²) in [6.45, 7) is 3.84. The molecule has 0 bridgehead atoms. The molecule has 0 aromatic heterocycles. The second kappa shape index (κ2) is 13.2. The van der Waals surface area contributed by atoms with Crippen LogP contribution < -0.4 is 20.4 Å². The smallest absolute Gasteiger partial charge is 0.258 e. The Morgan fingerprint density at radius 3 is 2.31 bits per heavy atom. The van der Waals surface area contributed by atoms with Crippen molar-refractivity contribution in [3.63, 3.8) is 0 Å². The molecule has 3 amide bonds. The summed E-state index contributed by atoms with van der Waals surface area (Å²) in [6.07, 6.45) is 0. The van der Waals surface area contributed by atoms with Crippen molar-refractivity contribution in [1.82, 2.24) is 10.6 Å². The number of nitrogens with one attached hydrogen (secondary N) is 2. The number of hydrogen-bond donors (Lipinski definition) is 3. The first-order valence-electron chi connectivity index (χ1n) is 13.7. The third-order valence-corrected chi connectivity index (χ3v) is 7.76. The Balaban J connectivity index is 0.00000405. The minimum atomic E-state index is -0.985. The van der Waals surface area contributed by atoms with Gasteiger partial charge in [-0.05, 0) is 72.6 Å². The van der Waals surface area contributed by atoms with Crippen LogP contribution in [0.25, 0.3) is 10.8 Å². The van der Waals surface area contributed by atoms with Crippen molar-refractivity contribution in [1.29, 1.82) is 0 Å². The van der Waals surface area contributed by atoms with Gasteiger partial charge in [-0.2, -0.15) is 0 Å². The third-order valence-electron chi connectivity index (χ3n) is 7.76. The summed E-state index contributed by atoms with van der Waals surface area (Å²) in [4.78, 5) is 44.5. The summed E-state index contributed by atoms with van der Waals surface area (Å²) in [7, 11) is 1.68. The maximum atomic E-state index is 14.3. The van der Waals surface area contributed by atoms with E-state index in [9.17, 15) is 19.5 Å². The molecule has 4 aromatic rings. The molecule has 0 fully saturated rings. The van der Waals surface area contributed by atoms with Crippen molar-refractivity contribution in [2.45, 2.75) is 39.1 Å². The van der Waals surface area contributed by atoms with Crippen LogP contribution in [0.3, 0.4) is 0 Å². The highest BCUT2D eigenvalue weighted by Gasteiger charge is 2.38. The van der Waals surface area contributed by atoms with E-state index in [1.54, 1.807) is 48.0 Å². The SMILES string of the molecule is CNC(C)C(=O)NC1CN(C(=O)c2ccc(CO)cc2)c2ccccc2N(Cc2c(C)ccc3ccccc23)C1=O.Cl. The monoisotopic (exact) mass is 586 g/mol. The summed E-state index contributed by atoms with van der Waals surface area (Å²) in [5.41, 5.74) is 4.31. The van der Waals surface area contributed by atoms with E-state index < -0.39 is 12.1 Å². The van der Waals surface area contributed by atoms with Gasteiger partial charge in [0.15, 0.2) is 0 Å². The van der Waals surface area contributed by atoms with Gasteiger partial charge in [0.1, 0.15) is 6.04 Å². The maximum absolute atomic E-state index is 14.3. The average molecular weight is 587 g/mol. The van der Waals surface area contributed by atoms with Gasteiger partial charge in [-0.15, -0.1) is 12.4 Å². The Kier molecular flexibility index (Phi) is 9.63. The normalized spacial score (nSPS) is 15.4. The molecule has 0 spiro atoms. The number of aliphatic hydroxyl groups is 1. The molecule has 1 aliphatic rings. The lowest BCUT2D eigenvalue weighted by Gasteiger charge is -2.27. The zero-order chi connectivity index (χ0) is 29.1. The summed E-state index contributed by atoms with van der Waals surface area (Å²) < 4.78 is 0. The minimum absolute atomic E-state index is 0. The molecule has 2 atom stereocenters. The number of fused-ring (bicyclic) bond motifs is 2. The predicted molar refractivity (Wildman–Crippen MR) is 168 cm³/mol. The van der Waals surface area contributed by atoms with Gasteiger partial charge < -0.3 is 25.5 Å². The van der Waals surface area contributed by atoms with Gasteiger partial charge in [0, 0.05) is 5.56 Å². The largest absolute Gasteiger partial charge is 0.392 e. The fraction of sp³-hybridized carbons (Fsp3) is 0.242. The summed E-state index contributed by atoms with van der Waals surface area (Å²) in [6, 6.07) is 24.7. The molecular formula is C33H35ClN4O4. The molecule has 0 aliphatic carbocycles. The Labute approximate surface area is 251 Å². The summed E-state index contributed by atoms with van der Waals surface area (Å²) >= 11 is 0. The highest BCUT2D eigenvalue weighted by Crippen LogP contribution is 2.36. The van der Waals surface area contributed by atoms with Crippen molar-refractivity contribution >= 4 is 52.3 Å². The standard InChI is InChI=1S/C33H34N4O4.ClH/c1-21-12-15-24-8-4-5-9-26(24)27(21)18-36-29-10-6-7-11-30(29)37(32(40)25-16-13-23(20-38)14-17-25)19-28(33(36)41)35-31(39)22(2)34-3;/h4-17,22,28,34,38H,18-20H2,1-3H3,(H,35,39);1H. The predicted octanol–water partition coefficient (Wildman–Crippen LogP) is 4.35. The fourth-order valence-electron chi connectivity index (χ4n) is 5.20. The number of anilines is 2. The number of benzene rings is 4. The van der Waals surface area contributed by atoms with E-state index in [1.165, 1.54) is 0 Å². The van der Waals surface area contributed by atoms with Crippen LogP contribution >= 0.6 is 12.4 Å². The van der Waals surface area contributed by atoms with Crippen LogP contribution in [0.1, 0.15) is 34.0 Å². The molecule has 8 nitrogen and oxygen atoms in total. The molecule has 2 unspecified atom stereocenters. The van der Waals surface area contributed by atoms with Crippen LogP contribution in [0.2, 0.25) is 0 Å². The molecule has 9 heteroatoms. The van der Waals surface area contributed by atoms with E-state index in [1.807, 2.05) is 61.5 Å². The topological polar surface area (TPSA) is 102 Å². The average Bonchev–Trinajstić information content (AvgIpc) is 3.12. The van der Waals surface area contributed by atoms with Gasteiger partial charge in [-0.1, -0.05) is 60.7 Å². The van der Waals surface area contributed by atoms with Gasteiger partial charge in [0.2, 0.25) is 5.91 Å². The first-order valence-corrected chi connectivity index (χ1v) is 13.7. The van der Waals surface area contributed by atoms with E-state index in [0.29, 0.717) is 22.5 Å². The maximum Gasteiger partial charge on any atom is 0.258 e. The second-order valence-electron chi connectivity index (χ2n) is 10.3. The molecule has 0 radical (unpaired) electrons. The number of carbonyl (C=O) groups is 3. The van der Waals surface area contributed by atoms with Crippen LogP contribution in [0.4, 0.5) is 11.4 Å². The number of nitrogens with zero attached hydrogens (tertiary/aromatic N) is 2. The second-order valence-corrected chi connectivity index (χ2v) is 10.3. The molecule has 5 rings (SSSR count). The summed E-state index contributed by atoms with van der Waals surface area (Å²) in [5, 5.41) is 17.4. The van der Waals surface area contributed by atoms with Crippen LogP contribution in [-0.2, 0) is 22.7 Å². The molecule has 218 valence electrons. The van der Waals surface area contributed by atoms with E-state index in [4.69, 9.17) is 0 Å². The van der Waals surface area contributed by atoms with Crippen molar-refractivity contribution < 1.29 is 19.5 Å². The zero-order valence-electron chi connectivity index (χ0n) is 23.8. The Hall–Kier alpha value is -4.24. The number of halogens is 1. The van der Waals surface area contributed by atoms with Crippen LogP contribution in [0.15, 0.2) is 84.9 Å². The molecule has 3 N–H and O–H groups in total. The van der Waals surface area contributed by atoms with Crippen LogP contribution in [0, 0.1) is 6.92 Å². The fourth-order valence-corrected chi connectivity index (χ4v) is 5.20. The van der Waals surface area contributed by atoms with E-state index >= 15 is 0 Å². The van der Waals surface area contributed by atoms with Gasteiger partial charge in [0.05, 0.1) is 37.1 Å². The molecule has 1 aliphatic heterocycles. The molecule has 4 aromatic carbocycles. The molecule has 0 saturated heterocycles. The minimum Gasteiger partial charge on any atom is -0.392 e. The first-order chi connectivity index (χ1) is 19.8. The van der Waals surface area contributed by atoms with Crippen molar-refractivity contribution in [3.8, 4) is 0 Å². The number of likely N-dealkylation sites (N-methyl/N-ethyl adjacent to an activating group) is 1. The third kappa shape index (κ3) is 6.01. The lowest BCUT2D eigenvalue weighted by Crippen LogP contribution is -2.55. The highest BCUT2D eigenvalue weighted by atomic mass is 35.5. The van der Waals surface area contributed by atoms with Crippen molar-refractivity contribution in [3.05, 3.63) is 107 Å². The quantitative estimate of drug-likeness (QED) is 0.299. The number of para-hydroxylation sites is 2. The highest BCUT2D eigenvalue weighted by molar-refractivity contribution is 6.13. The number of rotatable bonds is 7. The molecule has 42 heavy (non-hydrogen) atoms. The number of carbonyl (C=O) groups excluding carboxylic acids is 3. The van der Waals surface area contributed by atoms with Gasteiger partial charge in [-0.25, -0.2) is 0 Å². The van der Waals surface area contributed by atoms with Gasteiger partial charge in [-0.3, -0.25) is 14.4 Å². The van der Waals surface area contributed by atoms with Crippen molar-refractivity contribution in [2.24, 2.45) is 0 Å². The Bertz CT molecular complexity index is 1610. The molecule has 1 heterocycles. The van der Waals surface area contributed by atoms with Crippen LogP contribution in [0.5, 0.6) is 0 Å². The van der Waals surface area contributed by atoms with Gasteiger partial charge >= 0.3 is 0 Å². The van der Waals surface area contributed by atoms with E-state index in [-0.39, 0.29) is 49.8 Å². The van der Waals surface area contributed by atoms with E-state index in [0.717, 1.165) is 21.9 Å². The first kappa shape index (κ1) is 30.7. The number of aliphatic hydroxyl groups excluding tert-OH is 1. The Morgan fingerprint density at radius 1 is 0.952 bits per heavy atom. The molecular weight excluding hydrogens is 552 g/mol. The van der Waals surface area contributed by atoms with Crippen LogP contribution in [-0.4, -0.2) is 48.5 Å². The Morgan fingerprint density at radius 2 is 1.62 bits per heavy atom. The van der Waals surface area contributed by atoms with E-state index in [2.05, 4.69) is 16.7 Å². The number of hydrogen-bond acceptors (Lipinski definition) is 5. The lowest BCUT2D eigenvalue weighted by molar-refractivity contribution is -0.128. The molecule has 0 saturated carbocycles. The summed E-state index contributed by atoms with van der Waals surface area (Å²) in [5.74, 6) is -0.941. The van der Waals surface area contributed by atoms with Gasteiger partial charge in [0.25, 0.3) is 11.8 Å². The number of amides is 3. The zero-order valence-corrected chi connectivity index (χ0v) is 24.7. The van der Waals surface area contributed by atoms with Crippen molar-refractivity contribution in [2.75, 3.05) is 23.4 Å². The number of aryl methyl sites for hydroxylation is 1.